The van der Waals surface area contributed by atoms with Crippen LogP contribution >= 0.6 is 0 Å². The van der Waals surface area contributed by atoms with E-state index in [0.29, 0.717) is 18.8 Å². The predicted octanol–water partition coefficient (Wildman–Crippen LogP) is 3.02. The molecule has 1 heterocycles. The Morgan fingerprint density at radius 1 is 1.10 bits per heavy atom. The van der Waals surface area contributed by atoms with E-state index in [9.17, 15) is 9.90 Å². The zero-order valence-corrected chi connectivity index (χ0v) is 18.1. The maximum atomic E-state index is 11.3. The SMILES string of the molecule is COCCCN=C(Nc1cccc(C(=O)O)c1)N1CCN(c2cccc(OC)c2)CC1. The van der Waals surface area contributed by atoms with Crippen LogP contribution in [0, 0.1) is 0 Å². The average molecular weight is 427 g/mol. The van der Waals surface area contributed by atoms with Crippen molar-refractivity contribution >= 4 is 23.3 Å². The molecule has 0 aliphatic carbocycles. The molecule has 0 aromatic heterocycles. The van der Waals surface area contributed by atoms with Crippen LogP contribution in [-0.4, -0.2) is 75.5 Å². The molecule has 2 aromatic rings. The molecule has 3 rings (SSSR count). The first-order valence-electron chi connectivity index (χ1n) is 10.4. The summed E-state index contributed by atoms with van der Waals surface area (Å²) in [7, 11) is 3.35. The minimum Gasteiger partial charge on any atom is -0.497 e. The summed E-state index contributed by atoms with van der Waals surface area (Å²) in [4.78, 5) is 20.6. The van der Waals surface area contributed by atoms with Gasteiger partial charge < -0.3 is 29.7 Å². The third-order valence-corrected chi connectivity index (χ3v) is 5.13. The molecule has 0 amide bonds. The molecule has 1 saturated heterocycles. The number of rotatable bonds is 8. The van der Waals surface area contributed by atoms with Gasteiger partial charge >= 0.3 is 5.97 Å². The number of nitrogens with zero attached hydrogens (tertiary/aromatic N) is 3. The molecule has 1 aliphatic rings. The van der Waals surface area contributed by atoms with Crippen LogP contribution in [0.3, 0.4) is 0 Å². The quantitative estimate of drug-likeness (QED) is 0.381. The van der Waals surface area contributed by atoms with Gasteiger partial charge in [0.25, 0.3) is 0 Å². The number of methoxy groups -OCH3 is 2. The highest BCUT2D eigenvalue weighted by Gasteiger charge is 2.21. The highest BCUT2D eigenvalue weighted by molar-refractivity contribution is 5.96. The number of anilines is 2. The van der Waals surface area contributed by atoms with E-state index in [1.54, 1.807) is 32.4 Å². The molecule has 0 unspecified atom stereocenters. The van der Waals surface area contributed by atoms with E-state index in [-0.39, 0.29) is 5.56 Å². The Balaban J connectivity index is 1.69. The number of nitrogens with one attached hydrogen (secondary N) is 1. The lowest BCUT2D eigenvalue weighted by molar-refractivity contribution is 0.0697. The number of hydrogen-bond donors (Lipinski definition) is 2. The number of aliphatic imine (C=N–C) groups is 1. The second kappa shape index (κ2) is 11.2. The predicted molar refractivity (Wildman–Crippen MR) is 123 cm³/mol. The van der Waals surface area contributed by atoms with Gasteiger partial charge in [-0.1, -0.05) is 12.1 Å². The summed E-state index contributed by atoms with van der Waals surface area (Å²) in [5, 5.41) is 12.6. The molecule has 166 valence electrons. The number of hydrogen-bond acceptors (Lipinski definition) is 5. The fourth-order valence-corrected chi connectivity index (χ4v) is 3.46. The normalized spacial score (nSPS) is 14.5. The van der Waals surface area contributed by atoms with Gasteiger partial charge in [-0.2, -0.15) is 0 Å². The number of benzene rings is 2. The van der Waals surface area contributed by atoms with E-state index < -0.39 is 5.97 Å². The van der Waals surface area contributed by atoms with Gasteiger partial charge in [0, 0.05) is 63.9 Å². The Bertz CT molecular complexity index is 895. The van der Waals surface area contributed by atoms with Gasteiger partial charge in [0.15, 0.2) is 5.96 Å². The van der Waals surface area contributed by atoms with Gasteiger partial charge in [-0.3, -0.25) is 4.99 Å². The summed E-state index contributed by atoms with van der Waals surface area (Å²) >= 11 is 0. The van der Waals surface area contributed by atoms with Crippen LogP contribution in [0.1, 0.15) is 16.8 Å². The monoisotopic (exact) mass is 426 g/mol. The summed E-state index contributed by atoms with van der Waals surface area (Å²) in [6, 6.07) is 14.9. The number of guanidine groups is 1. The summed E-state index contributed by atoms with van der Waals surface area (Å²) in [6.45, 7) is 4.57. The van der Waals surface area contributed by atoms with Crippen molar-refractivity contribution in [3.8, 4) is 5.75 Å². The number of carboxylic acid groups (broad SMARTS) is 1. The zero-order chi connectivity index (χ0) is 22.1. The fourth-order valence-electron chi connectivity index (χ4n) is 3.46. The Labute approximate surface area is 183 Å². The molecule has 0 bridgehead atoms. The largest absolute Gasteiger partial charge is 0.497 e. The Hall–Kier alpha value is -3.26. The number of ether oxygens (including phenoxy) is 2. The van der Waals surface area contributed by atoms with Crippen molar-refractivity contribution in [2.45, 2.75) is 6.42 Å². The molecule has 0 atom stereocenters. The molecule has 0 saturated carbocycles. The van der Waals surface area contributed by atoms with Crippen molar-refractivity contribution in [1.82, 2.24) is 4.90 Å². The van der Waals surface area contributed by atoms with Crippen molar-refractivity contribution in [2.75, 3.05) is 63.8 Å². The van der Waals surface area contributed by atoms with Crippen LogP contribution in [0.15, 0.2) is 53.5 Å². The lowest BCUT2D eigenvalue weighted by atomic mass is 10.2. The molecule has 1 fully saturated rings. The van der Waals surface area contributed by atoms with Crippen molar-refractivity contribution < 1.29 is 19.4 Å². The third-order valence-electron chi connectivity index (χ3n) is 5.13. The molecule has 2 N–H and O–H groups in total. The molecule has 31 heavy (non-hydrogen) atoms. The highest BCUT2D eigenvalue weighted by atomic mass is 16.5. The summed E-state index contributed by atoms with van der Waals surface area (Å²) < 4.78 is 10.5. The summed E-state index contributed by atoms with van der Waals surface area (Å²) in [5.74, 6) is 0.651. The summed E-state index contributed by atoms with van der Waals surface area (Å²) in [5.41, 5.74) is 2.09. The second-order valence-corrected chi connectivity index (χ2v) is 7.24. The minimum atomic E-state index is -0.950. The van der Waals surface area contributed by atoms with E-state index in [1.165, 1.54) is 0 Å². The van der Waals surface area contributed by atoms with Gasteiger partial charge in [-0.25, -0.2) is 4.79 Å². The molecule has 0 spiro atoms. The Morgan fingerprint density at radius 3 is 2.58 bits per heavy atom. The minimum absolute atomic E-state index is 0.242. The fraction of sp³-hybridized carbons (Fsp3) is 0.391. The third kappa shape index (κ3) is 6.36. The maximum Gasteiger partial charge on any atom is 0.335 e. The Morgan fingerprint density at radius 2 is 1.87 bits per heavy atom. The molecule has 8 heteroatoms. The van der Waals surface area contributed by atoms with E-state index >= 15 is 0 Å². The van der Waals surface area contributed by atoms with Crippen LogP contribution in [0.2, 0.25) is 0 Å². The van der Waals surface area contributed by atoms with Crippen LogP contribution in [0.4, 0.5) is 11.4 Å². The number of piperazine rings is 1. The topological polar surface area (TPSA) is 86.6 Å². The van der Waals surface area contributed by atoms with Gasteiger partial charge in [-0.15, -0.1) is 0 Å². The van der Waals surface area contributed by atoms with Crippen molar-refractivity contribution in [1.29, 1.82) is 0 Å². The van der Waals surface area contributed by atoms with Crippen LogP contribution in [-0.2, 0) is 4.74 Å². The highest BCUT2D eigenvalue weighted by Crippen LogP contribution is 2.22. The summed E-state index contributed by atoms with van der Waals surface area (Å²) in [6.07, 6.45) is 0.820. The molecule has 0 radical (unpaired) electrons. The number of aromatic carboxylic acids is 1. The van der Waals surface area contributed by atoms with Crippen molar-refractivity contribution in [2.24, 2.45) is 4.99 Å². The molecular formula is C23H30N4O4. The maximum absolute atomic E-state index is 11.3. The molecule has 8 nitrogen and oxygen atoms in total. The first kappa shape index (κ1) is 22.4. The number of carbonyl (C=O) groups is 1. The molecule has 2 aromatic carbocycles. The van der Waals surface area contributed by atoms with Crippen molar-refractivity contribution in [3.63, 3.8) is 0 Å². The first-order valence-corrected chi connectivity index (χ1v) is 10.4. The van der Waals surface area contributed by atoms with Gasteiger partial charge in [0.05, 0.1) is 12.7 Å². The van der Waals surface area contributed by atoms with Gasteiger partial charge in [0.1, 0.15) is 5.75 Å². The first-order chi connectivity index (χ1) is 15.1. The average Bonchev–Trinajstić information content (AvgIpc) is 2.81. The van der Waals surface area contributed by atoms with E-state index in [2.05, 4.69) is 21.2 Å². The lowest BCUT2D eigenvalue weighted by Crippen LogP contribution is -2.50. The standard InChI is InChI=1S/C23H30N4O4/c1-30-15-5-10-24-23(25-19-7-3-6-18(16-19)22(28)29)27-13-11-26(12-14-27)20-8-4-9-21(17-20)31-2/h3-4,6-9,16-17H,5,10-15H2,1-2H3,(H,24,25)(H,28,29). The van der Waals surface area contributed by atoms with Crippen LogP contribution in [0.25, 0.3) is 0 Å². The van der Waals surface area contributed by atoms with Crippen LogP contribution < -0.4 is 15.0 Å². The van der Waals surface area contributed by atoms with E-state index in [0.717, 1.165) is 50.0 Å². The van der Waals surface area contributed by atoms with E-state index in [4.69, 9.17) is 14.5 Å². The Kier molecular flexibility index (Phi) is 8.12. The lowest BCUT2D eigenvalue weighted by Gasteiger charge is -2.38. The van der Waals surface area contributed by atoms with Crippen molar-refractivity contribution in [3.05, 3.63) is 54.1 Å². The van der Waals surface area contributed by atoms with Gasteiger partial charge in [-0.05, 0) is 36.8 Å². The second-order valence-electron chi connectivity index (χ2n) is 7.24. The molecular weight excluding hydrogens is 396 g/mol. The van der Waals surface area contributed by atoms with E-state index in [1.807, 2.05) is 24.3 Å². The smallest absolute Gasteiger partial charge is 0.335 e. The van der Waals surface area contributed by atoms with Crippen LogP contribution in [0.5, 0.6) is 5.75 Å². The zero-order valence-electron chi connectivity index (χ0n) is 18.1. The van der Waals surface area contributed by atoms with Gasteiger partial charge in [0.2, 0.25) is 0 Å². The molecule has 1 aliphatic heterocycles. The number of carboxylic acids is 1.